The molecule has 2 aliphatic rings. The zero-order valence-electron chi connectivity index (χ0n) is 17.3. The lowest BCUT2D eigenvalue weighted by Crippen LogP contribution is -2.44. The van der Waals surface area contributed by atoms with E-state index in [4.69, 9.17) is 9.47 Å². The van der Waals surface area contributed by atoms with Crippen molar-refractivity contribution in [3.8, 4) is 5.75 Å². The maximum Gasteiger partial charge on any atom is 0.391 e. The summed E-state index contributed by atoms with van der Waals surface area (Å²) in [4.78, 5) is 30.5. The van der Waals surface area contributed by atoms with E-state index in [1.54, 1.807) is 19.1 Å². The summed E-state index contributed by atoms with van der Waals surface area (Å²) in [5, 5.41) is 10.1. The third kappa shape index (κ3) is 5.66. The van der Waals surface area contributed by atoms with Crippen molar-refractivity contribution in [2.45, 2.75) is 57.3 Å². The second kappa shape index (κ2) is 9.84. The molecule has 0 aromatic carbocycles. The van der Waals surface area contributed by atoms with Crippen LogP contribution < -0.4 is 4.74 Å². The molecule has 10 heteroatoms. The van der Waals surface area contributed by atoms with Gasteiger partial charge < -0.3 is 19.5 Å². The lowest BCUT2D eigenvalue weighted by atomic mass is 9.81. The third-order valence-electron chi connectivity index (χ3n) is 5.89. The van der Waals surface area contributed by atoms with E-state index >= 15 is 0 Å². The predicted molar refractivity (Wildman–Crippen MR) is 103 cm³/mol. The number of amides is 1. The maximum atomic E-state index is 13.0. The van der Waals surface area contributed by atoms with Crippen molar-refractivity contribution in [2.75, 3.05) is 19.8 Å². The van der Waals surface area contributed by atoms with Crippen LogP contribution in [0.15, 0.2) is 18.3 Å². The number of carbonyl (C=O) groups excluding carboxylic acids is 2. The number of aliphatic hydroxyl groups is 1. The fraction of sp³-hybridized carbons (Fsp3) is 0.667. The summed E-state index contributed by atoms with van der Waals surface area (Å²) in [7, 11) is 0. The van der Waals surface area contributed by atoms with E-state index in [0.717, 1.165) is 0 Å². The van der Waals surface area contributed by atoms with Gasteiger partial charge in [0.05, 0.1) is 24.7 Å². The van der Waals surface area contributed by atoms with Crippen LogP contribution in [0.3, 0.4) is 0 Å². The molecule has 1 aliphatic heterocycles. The minimum Gasteiger partial charge on any atom is -0.489 e. The van der Waals surface area contributed by atoms with Crippen LogP contribution in [-0.2, 0) is 9.53 Å². The van der Waals surface area contributed by atoms with Crippen molar-refractivity contribution >= 4 is 11.9 Å². The van der Waals surface area contributed by atoms with Gasteiger partial charge in [-0.15, -0.1) is 0 Å². The molecule has 2 heterocycles. The van der Waals surface area contributed by atoms with E-state index < -0.39 is 36.1 Å². The second-order valence-electron chi connectivity index (χ2n) is 8.01. The van der Waals surface area contributed by atoms with E-state index in [-0.39, 0.29) is 62.8 Å². The standard InChI is InChI=1S/C21H27F3N2O5/c1-2-30-20(29)18-17(4-3-9-25-18)31-12-15-10-16(27)11-26(15)19(28)13-5-7-14(8-6-13)21(22,23)24/h3-4,9,13-16,27H,2,5-8,10-12H2,1H3/t13?,14?,15-,16+/m1/s1. The monoisotopic (exact) mass is 444 g/mol. The smallest absolute Gasteiger partial charge is 0.391 e. The SMILES string of the molecule is CCOC(=O)c1ncccc1OC[C@H]1C[C@H](O)CN1C(=O)C1CCC(C(F)(F)F)CC1. The molecule has 1 N–H and O–H groups in total. The van der Waals surface area contributed by atoms with Crippen LogP contribution in [0.25, 0.3) is 0 Å². The zero-order valence-corrected chi connectivity index (χ0v) is 17.3. The normalized spacial score (nSPS) is 26.5. The number of hydrogen-bond donors (Lipinski definition) is 1. The van der Waals surface area contributed by atoms with Crippen LogP contribution in [-0.4, -0.2) is 64.9 Å². The van der Waals surface area contributed by atoms with Crippen molar-refractivity contribution in [1.82, 2.24) is 9.88 Å². The number of carbonyl (C=O) groups is 2. The van der Waals surface area contributed by atoms with Gasteiger partial charge in [-0.05, 0) is 51.2 Å². The van der Waals surface area contributed by atoms with Crippen molar-refractivity contribution in [3.05, 3.63) is 24.0 Å². The number of aliphatic hydroxyl groups excluding tert-OH is 1. The van der Waals surface area contributed by atoms with Crippen molar-refractivity contribution in [3.63, 3.8) is 0 Å². The quantitative estimate of drug-likeness (QED) is 0.679. The van der Waals surface area contributed by atoms with Gasteiger partial charge in [-0.1, -0.05) is 0 Å². The van der Waals surface area contributed by atoms with E-state index in [2.05, 4.69) is 4.98 Å². The van der Waals surface area contributed by atoms with Gasteiger partial charge in [0, 0.05) is 18.7 Å². The first kappa shape index (κ1) is 23.3. The van der Waals surface area contributed by atoms with E-state index in [1.807, 2.05) is 0 Å². The molecule has 0 spiro atoms. The van der Waals surface area contributed by atoms with Crippen molar-refractivity contribution in [1.29, 1.82) is 0 Å². The molecule has 1 saturated heterocycles. The number of halogens is 3. The lowest BCUT2D eigenvalue weighted by Gasteiger charge is -2.33. The summed E-state index contributed by atoms with van der Waals surface area (Å²) in [6.07, 6.45) is -3.00. The Morgan fingerprint density at radius 2 is 1.97 bits per heavy atom. The first-order valence-corrected chi connectivity index (χ1v) is 10.5. The van der Waals surface area contributed by atoms with Crippen LogP contribution in [0.2, 0.25) is 0 Å². The number of pyridine rings is 1. The molecule has 2 fully saturated rings. The highest BCUT2D eigenvalue weighted by Crippen LogP contribution is 2.40. The number of esters is 1. The number of alkyl halides is 3. The first-order chi connectivity index (χ1) is 14.7. The van der Waals surface area contributed by atoms with Crippen LogP contribution in [0.1, 0.15) is 49.5 Å². The van der Waals surface area contributed by atoms with Crippen molar-refractivity contribution < 1.29 is 37.3 Å². The average molecular weight is 444 g/mol. The number of hydrogen-bond acceptors (Lipinski definition) is 6. The number of β-amino-alcohol motifs (C(OH)–C–C–N with tert-alkyl or cyclic N) is 1. The number of ether oxygens (including phenoxy) is 2. The Morgan fingerprint density at radius 1 is 1.26 bits per heavy atom. The van der Waals surface area contributed by atoms with Crippen LogP contribution in [0.4, 0.5) is 13.2 Å². The number of rotatable bonds is 6. The lowest BCUT2D eigenvalue weighted by molar-refractivity contribution is -0.185. The molecule has 31 heavy (non-hydrogen) atoms. The summed E-state index contributed by atoms with van der Waals surface area (Å²) >= 11 is 0. The Bertz CT molecular complexity index is 781. The second-order valence-corrected chi connectivity index (χ2v) is 8.01. The van der Waals surface area contributed by atoms with E-state index in [0.29, 0.717) is 6.42 Å². The molecule has 172 valence electrons. The zero-order chi connectivity index (χ0) is 22.6. The summed E-state index contributed by atoms with van der Waals surface area (Å²) in [5.74, 6) is -2.51. The molecular formula is C21H27F3N2O5. The minimum atomic E-state index is -4.23. The molecule has 1 aliphatic carbocycles. The van der Waals surface area contributed by atoms with Crippen LogP contribution >= 0.6 is 0 Å². The Labute approximate surface area is 178 Å². The molecule has 1 amide bonds. The first-order valence-electron chi connectivity index (χ1n) is 10.5. The van der Waals surface area contributed by atoms with Crippen molar-refractivity contribution in [2.24, 2.45) is 11.8 Å². The highest BCUT2D eigenvalue weighted by atomic mass is 19.4. The van der Waals surface area contributed by atoms with Gasteiger partial charge in [0.1, 0.15) is 6.61 Å². The van der Waals surface area contributed by atoms with Gasteiger partial charge in [-0.3, -0.25) is 4.79 Å². The molecule has 2 atom stereocenters. The largest absolute Gasteiger partial charge is 0.489 e. The molecular weight excluding hydrogens is 417 g/mol. The number of aromatic nitrogens is 1. The third-order valence-corrected chi connectivity index (χ3v) is 5.89. The molecule has 1 saturated carbocycles. The van der Waals surface area contributed by atoms with Gasteiger partial charge in [0.2, 0.25) is 5.91 Å². The fourth-order valence-electron chi connectivity index (χ4n) is 4.27. The molecule has 7 nitrogen and oxygen atoms in total. The molecule has 0 bridgehead atoms. The average Bonchev–Trinajstić information content (AvgIpc) is 3.12. The maximum absolute atomic E-state index is 13.0. The topological polar surface area (TPSA) is 89.0 Å². The summed E-state index contributed by atoms with van der Waals surface area (Å²) in [6, 6.07) is 2.72. The molecule has 0 radical (unpaired) electrons. The minimum absolute atomic E-state index is 0.0197. The number of nitrogens with zero attached hydrogens (tertiary/aromatic N) is 2. The highest BCUT2D eigenvalue weighted by molar-refractivity contribution is 5.90. The highest BCUT2D eigenvalue weighted by Gasteiger charge is 2.44. The van der Waals surface area contributed by atoms with Gasteiger partial charge in [0.25, 0.3) is 0 Å². The summed E-state index contributed by atoms with van der Waals surface area (Å²) in [5.41, 5.74) is 0.0197. The van der Waals surface area contributed by atoms with Gasteiger partial charge in [-0.25, -0.2) is 9.78 Å². The summed E-state index contributed by atoms with van der Waals surface area (Å²) < 4.78 is 49.4. The summed E-state index contributed by atoms with van der Waals surface area (Å²) in [6.45, 7) is 2.00. The van der Waals surface area contributed by atoms with E-state index in [1.165, 1.54) is 11.1 Å². The molecule has 0 unspecified atom stereocenters. The predicted octanol–water partition coefficient (Wildman–Crippen LogP) is 2.97. The van der Waals surface area contributed by atoms with Crippen LogP contribution in [0, 0.1) is 11.8 Å². The van der Waals surface area contributed by atoms with Gasteiger partial charge in [0.15, 0.2) is 11.4 Å². The number of likely N-dealkylation sites (tertiary alicyclic amines) is 1. The molecule has 1 aromatic heterocycles. The Morgan fingerprint density at radius 3 is 2.61 bits per heavy atom. The van der Waals surface area contributed by atoms with Gasteiger partial charge in [-0.2, -0.15) is 13.2 Å². The Balaban J connectivity index is 1.62. The Hall–Kier alpha value is -2.36. The van der Waals surface area contributed by atoms with E-state index in [9.17, 15) is 27.9 Å². The van der Waals surface area contributed by atoms with Crippen LogP contribution in [0.5, 0.6) is 5.75 Å². The van der Waals surface area contributed by atoms with Gasteiger partial charge >= 0.3 is 12.1 Å². The molecule has 3 rings (SSSR count). The molecule has 1 aromatic rings. The Kier molecular flexibility index (Phi) is 7.40. The fourth-order valence-corrected chi connectivity index (χ4v) is 4.27.